The second kappa shape index (κ2) is 4.90. The average molecular weight is 273 g/mol. The third-order valence-corrected chi connectivity index (χ3v) is 2.80. The van der Waals surface area contributed by atoms with Crippen LogP contribution in [0.2, 0.25) is 10.2 Å². The van der Waals surface area contributed by atoms with Crippen molar-refractivity contribution in [2.75, 3.05) is 0 Å². The first-order chi connectivity index (χ1) is 8.08. The van der Waals surface area contributed by atoms with E-state index >= 15 is 0 Å². The predicted molar refractivity (Wildman–Crippen MR) is 63.2 cm³/mol. The molecule has 17 heavy (non-hydrogen) atoms. The normalized spacial score (nSPS) is 10.5. The van der Waals surface area contributed by atoms with E-state index in [2.05, 4.69) is 0 Å². The number of rotatable bonds is 3. The highest BCUT2D eigenvalue weighted by Crippen LogP contribution is 2.21. The molecule has 2 aromatic rings. The monoisotopic (exact) mass is 272 g/mol. The molecule has 1 heterocycles. The number of benzene rings is 1. The van der Waals surface area contributed by atoms with E-state index in [9.17, 15) is 9.18 Å². The van der Waals surface area contributed by atoms with Gasteiger partial charge in [-0.1, -0.05) is 11.6 Å². The molecular formula is C12H7Cl2FO2. The second-order valence-corrected chi connectivity index (χ2v) is 4.22. The first kappa shape index (κ1) is 12.1. The van der Waals surface area contributed by atoms with Crippen LogP contribution in [0.4, 0.5) is 4.39 Å². The summed E-state index contributed by atoms with van der Waals surface area (Å²) in [6.45, 7) is 0. The highest BCUT2D eigenvalue weighted by molar-refractivity contribution is 6.32. The highest BCUT2D eigenvalue weighted by Gasteiger charge is 2.15. The zero-order valence-electron chi connectivity index (χ0n) is 8.54. The van der Waals surface area contributed by atoms with Gasteiger partial charge in [-0.3, -0.25) is 4.79 Å². The molecule has 0 bridgehead atoms. The van der Waals surface area contributed by atoms with Gasteiger partial charge in [0.05, 0.1) is 11.8 Å². The summed E-state index contributed by atoms with van der Waals surface area (Å²) in [5.41, 5.74) is 0.478. The van der Waals surface area contributed by atoms with Crippen molar-refractivity contribution >= 4 is 29.0 Å². The molecule has 0 aliphatic rings. The molecule has 0 radical (unpaired) electrons. The lowest BCUT2D eigenvalue weighted by molar-refractivity contribution is 0.0991. The van der Waals surface area contributed by atoms with Crippen LogP contribution in [-0.4, -0.2) is 5.78 Å². The van der Waals surface area contributed by atoms with E-state index in [0.29, 0.717) is 5.02 Å². The average Bonchev–Trinajstić information content (AvgIpc) is 2.70. The molecule has 88 valence electrons. The maximum Gasteiger partial charge on any atom is 0.203 e. The van der Waals surface area contributed by atoms with Crippen LogP contribution in [0.25, 0.3) is 0 Å². The molecule has 1 aromatic carbocycles. The summed E-state index contributed by atoms with van der Waals surface area (Å²) in [6, 6.07) is 5.52. The molecular weight excluding hydrogens is 266 g/mol. The third kappa shape index (κ3) is 2.68. The van der Waals surface area contributed by atoms with Crippen LogP contribution in [0.15, 0.2) is 34.9 Å². The zero-order chi connectivity index (χ0) is 12.4. The Morgan fingerprint density at radius 1 is 1.29 bits per heavy atom. The van der Waals surface area contributed by atoms with E-state index in [1.807, 2.05) is 0 Å². The predicted octanol–water partition coefficient (Wildman–Crippen LogP) is 4.15. The number of halogens is 3. The van der Waals surface area contributed by atoms with Crippen molar-refractivity contribution in [2.24, 2.45) is 0 Å². The van der Waals surface area contributed by atoms with Gasteiger partial charge in [0.15, 0.2) is 5.78 Å². The lowest BCUT2D eigenvalue weighted by atomic mass is 10.0. The summed E-state index contributed by atoms with van der Waals surface area (Å²) in [7, 11) is 0. The van der Waals surface area contributed by atoms with Crippen LogP contribution in [0, 0.1) is 5.82 Å². The first-order valence-corrected chi connectivity index (χ1v) is 5.53. The lowest BCUT2D eigenvalue weighted by Crippen LogP contribution is -2.04. The summed E-state index contributed by atoms with van der Waals surface area (Å²) in [4.78, 5) is 11.8. The number of carbonyl (C=O) groups is 1. The van der Waals surface area contributed by atoms with Gasteiger partial charge in [-0.15, -0.1) is 0 Å². The molecule has 0 fully saturated rings. The van der Waals surface area contributed by atoms with Gasteiger partial charge in [0.25, 0.3) is 0 Å². The number of hydrogen-bond donors (Lipinski definition) is 0. The van der Waals surface area contributed by atoms with Crippen molar-refractivity contribution in [2.45, 2.75) is 6.42 Å². The van der Waals surface area contributed by atoms with Crippen LogP contribution in [0.5, 0.6) is 0 Å². The molecule has 0 unspecified atom stereocenters. The quantitative estimate of drug-likeness (QED) is 0.786. The van der Waals surface area contributed by atoms with E-state index < -0.39 is 5.82 Å². The minimum absolute atomic E-state index is 0.0115. The minimum Gasteiger partial charge on any atom is -0.452 e. The Labute approximate surface area is 107 Å². The molecule has 2 nitrogen and oxygen atoms in total. The molecule has 0 atom stereocenters. The van der Waals surface area contributed by atoms with E-state index in [-0.39, 0.29) is 28.6 Å². The van der Waals surface area contributed by atoms with Crippen molar-refractivity contribution in [1.82, 2.24) is 0 Å². The van der Waals surface area contributed by atoms with Gasteiger partial charge in [-0.05, 0) is 41.4 Å². The fourth-order valence-corrected chi connectivity index (χ4v) is 1.85. The molecule has 0 spiro atoms. The molecule has 0 saturated carbocycles. The number of hydrogen-bond acceptors (Lipinski definition) is 2. The highest BCUT2D eigenvalue weighted by atomic mass is 35.5. The third-order valence-electron chi connectivity index (χ3n) is 2.28. The van der Waals surface area contributed by atoms with Gasteiger partial charge in [0.2, 0.25) is 5.22 Å². The second-order valence-electron chi connectivity index (χ2n) is 3.44. The molecule has 0 saturated heterocycles. The molecule has 0 aliphatic carbocycles. The SMILES string of the molecule is O=C(Cc1cc(Cl)ccc1F)c1ccoc1Cl. The Morgan fingerprint density at radius 2 is 2.06 bits per heavy atom. The van der Waals surface area contributed by atoms with Gasteiger partial charge in [0.1, 0.15) is 5.82 Å². The van der Waals surface area contributed by atoms with Crippen molar-refractivity contribution in [3.63, 3.8) is 0 Å². The van der Waals surface area contributed by atoms with E-state index in [0.717, 1.165) is 0 Å². The fraction of sp³-hybridized carbons (Fsp3) is 0.0833. The summed E-state index contributed by atoms with van der Waals surface area (Å²) in [5, 5.41) is 0.393. The van der Waals surface area contributed by atoms with Crippen molar-refractivity contribution < 1.29 is 13.6 Å². The Bertz CT molecular complexity index is 563. The van der Waals surface area contributed by atoms with E-state index in [1.165, 1.54) is 30.5 Å². The Balaban J connectivity index is 2.24. The number of carbonyl (C=O) groups excluding carboxylic acids is 1. The molecule has 5 heteroatoms. The first-order valence-electron chi connectivity index (χ1n) is 4.78. The van der Waals surface area contributed by atoms with Crippen molar-refractivity contribution in [1.29, 1.82) is 0 Å². The van der Waals surface area contributed by atoms with E-state index in [4.69, 9.17) is 27.6 Å². The maximum absolute atomic E-state index is 13.4. The van der Waals surface area contributed by atoms with Crippen molar-refractivity contribution in [3.05, 3.63) is 57.7 Å². The summed E-state index contributed by atoms with van der Waals surface area (Å²) in [5.74, 6) is -0.785. The van der Waals surface area contributed by atoms with Gasteiger partial charge >= 0.3 is 0 Å². The zero-order valence-corrected chi connectivity index (χ0v) is 10.1. The largest absolute Gasteiger partial charge is 0.452 e. The van der Waals surface area contributed by atoms with Gasteiger partial charge in [-0.25, -0.2) is 4.39 Å². The molecule has 1 aromatic heterocycles. The van der Waals surface area contributed by atoms with E-state index in [1.54, 1.807) is 0 Å². The van der Waals surface area contributed by atoms with Crippen LogP contribution in [0.3, 0.4) is 0 Å². The Kier molecular flexibility index (Phi) is 3.50. The van der Waals surface area contributed by atoms with Crippen LogP contribution >= 0.6 is 23.2 Å². The topological polar surface area (TPSA) is 30.2 Å². The van der Waals surface area contributed by atoms with Gasteiger partial charge in [0, 0.05) is 11.4 Å². The summed E-state index contributed by atoms with van der Waals surface area (Å²) < 4.78 is 18.2. The maximum atomic E-state index is 13.4. The smallest absolute Gasteiger partial charge is 0.203 e. The fourth-order valence-electron chi connectivity index (χ4n) is 1.44. The van der Waals surface area contributed by atoms with Gasteiger partial charge < -0.3 is 4.42 Å². The molecule has 0 amide bonds. The molecule has 0 aliphatic heterocycles. The van der Waals surface area contributed by atoms with Crippen LogP contribution in [0.1, 0.15) is 15.9 Å². The van der Waals surface area contributed by atoms with Gasteiger partial charge in [-0.2, -0.15) is 0 Å². The molecule has 0 N–H and O–H groups in total. The lowest BCUT2D eigenvalue weighted by Gasteiger charge is -2.02. The number of furan rings is 1. The Morgan fingerprint density at radius 3 is 2.71 bits per heavy atom. The minimum atomic E-state index is -0.470. The Hall–Kier alpha value is -1.32. The summed E-state index contributed by atoms with van der Waals surface area (Å²) >= 11 is 11.4. The van der Waals surface area contributed by atoms with Crippen LogP contribution in [-0.2, 0) is 6.42 Å². The number of ketones is 1. The van der Waals surface area contributed by atoms with Crippen molar-refractivity contribution in [3.8, 4) is 0 Å². The molecule has 2 rings (SSSR count). The number of Topliss-reactive ketones (excluding diaryl/α,β-unsaturated/α-hetero) is 1. The summed E-state index contributed by atoms with van der Waals surface area (Å²) in [6.07, 6.45) is 1.20. The van der Waals surface area contributed by atoms with Crippen LogP contribution < -0.4 is 0 Å². The standard InChI is InChI=1S/C12H7Cl2FO2/c13-8-1-2-10(15)7(5-8)6-11(16)9-3-4-17-12(9)14/h1-5H,6H2.